The van der Waals surface area contributed by atoms with Gasteiger partial charge in [-0.3, -0.25) is 9.59 Å². The number of amides is 2. The zero-order chi connectivity index (χ0) is 20.8. The Morgan fingerprint density at radius 2 is 1.59 bits per heavy atom. The Hall–Kier alpha value is -3.35. The summed E-state index contributed by atoms with van der Waals surface area (Å²) in [7, 11) is 3.11. The van der Waals surface area contributed by atoms with Crippen LogP contribution in [0.15, 0.2) is 48.5 Å². The molecule has 0 N–H and O–H groups in total. The lowest BCUT2D eigenvalue weighted by Gasteiger charge is -2.34. The second-order valence-corrected chi connectivity index (χ2v) is 6.54. The fraction of sp³-hybridized carbons (Fsp3) is 0.273. The molecule has 1 aliphatic rings. The molecule has 1 aliphatic heterocycles. The average molecular weight is 398 g/mol. The van der Waals surface area contributed by atoms with Crippen LogP contribution in [0, 0.1) is 5.82 Å². The van der Waals surface area contributed by atoms with E-state index in [0.29, 0.717) is 43.2 Å². The number of para-hydroxylation sites is 1. The molecule has 29 heavy (non-hydrogen) atoms. The molecular formula is C22H23FN2O4. The molecule has 0 atom stereocenters. The molecule has 6 nitrogen and oxygen atoms in total. The van der Waals surface area contributed by atoms with Crippen molar-refractivity contribution in [3.8, 4) is 11.5 Å². The number of halogens is 1. The van der Waals surface area contributed by atoms with E-state index in [1.807, 2.05) is 12.1 Å². The lowest BCUT2D eigenvalue weighted by molar-refractivity contribution is -0.127. The summed E-state index contributed by atoms with van der Waals surface area (Å²) in [4.78, 5) is 28.4. The quantitative estimate of drug-likeness (QED) is 0.727. The van der Waals surface area contributed by atoms with Crippen molar-refractivity contribution < 1.29 is 23.5 Å². The third kappa shape index (κ3) is 4.74. The lowest BCUT2D eigenvalue weighted by Crippen LogP contribution is -2.50. The smallest absolute Gasteiger partial charge is 0.253 e. The Morgan fingerprint density at radius 1 is 0.931 bits per heavy atom. The van der Waals surface area contributed by atoms with Crippen molar-refractivity contribution in [1.29, 1.82) is 0 Å². The molecule has 2 aromatic carbocycles. The van der Waals surface area contributed by atoms with E-state index in [2.05, 4.69) is 0 Å². The first kappa shape index (κ1) is 20.4. The van der Waals surface area contributed by atoms with Gasteiger partial charge in [0.05, 0.1) is 14.2 Å². The Bertz CT molecular complexity index is 904. The van der Waals surface area contributed by atoms with Crippen molar-refractivity contribution >= 4 is 17.9 Å². The Morgan fingerprint density at radius 3 is 2.21 bits per heavy atom. The fourth-order valence-corrected chi connectivity index (χ4v) is 3.21. The van der Waals surface area contributed by atoms with Crippen LogP contribution in [0.2, 0.25) is 0 Å². The second-order valence-electron chi connectivity index (χ2n) is 6.54. The van der Waals surface area contributed by atoms with Gasteiger partial charge in [0.2, 0.25) is 5.91 Å². The van der Waals surface area contributed by atoms with Gasteiger partial charge in [-0.1, -0.05) is 12.1 Å². The third-order valence-electron chi connectivity index (χ3n) is 4.81. The van der Waals surface area contributed by atoms with Gasteiger partial charge in [-0.15, -0.1) is 0 Å². The van der Waals surface area contributed by atoms with Crippen LogP contribution in [0.5, 0.6) is 11.5 Å². The number of rotatable bonds is 5. The maximum Gasteiger partial charge on any atom is 0.253 e. The summed E-state index contributed by atoms with van der Waals surface area (Å²) < 4.78 is 23.7. The Balaban J connectivity index is 1.60. The fourth-order valence-electron chi connectivity index (χ4n) is 3.21. The van der Waals surface area contributed by atoms with Crippen molar-refractivity contribution in [3.05, 3.63) is 65.5 Å². The van der Waals surface area contributed by atoms with Gasteiger partial charge in [0.1, 0.15) is 5.82 Å². The number of hydrogen-bond donors (Lipinski definition) is 0. The van der Waals surface area contributed by atoms with E-state index in [1.165, 1.54) is 30.3 Å². The van der Waals surface area contributed by atoms with E-state index < -0.39 is 0 Å². The highest BCUT2D eigenvalue weighted by Gasteiger charge is 2.24. The Kier molecular flexibility index (Phi) is 6.49. The molecule has 0 aliphatic carbocycles. The molecule has 0 spiro atoms. The van der Waals surface area contributed by atoms with E-state index in [0.717, 1.165) is 5.56 Å². The first-order valence-corrected chi connectivity index (χ1v) is 9.26. The van der Waals surface area contributed by atoms with Crippen LogP contribution in [-0.4, -0.2) is 62.0 Å². The van der Waals surface area contributed by atoms with Crippen LogP contribution in [0.25, 0.3) is 6.08 Å². The largest absolute Gasteiger partial charge is 0.493 e. The zero-order valence-electron chi connectivity index (χ0n) is 16.4. The summed E-state index contributed by atoms with van der Waals surface area (Å²) in [6, 6.07) is 10.9. The van der Waals surface area contributed by atoms with Gasteiger partial charge in [0.25, 0.3) is 5.91 Å². The molecule has 0 unspecified atom stereocenters. The zero-order valence-corrected chi connectivity index (χ0v) is 16.4. The second kappa shape index (κ2) is 9.23. The number of carbonyl (C=O) groups is 2. The molecule has 0 bridgehead atoms. The number of ether oxygens (including phenoxy) is 2. The monoisotopic (exact) mass is 398 g/mol. The van der Waals surface area contributed by atoms with Crippen LogP contribution in [-0.2, 0) is 4.79 Å². The summed E-state index contributed by atoms with van der Waals surface area (Å²) in [5, 5.41) is 0. The summed E-state index contributed by atoms with van der Waals surface area (Å²) in [6.45, 7) is 1.73. The average Bonchev–Trinajstić information content (AvgIpc) is 2.77. The van der Waals surface area contributed by atoms with Crippen molar-refractivity contribution in [3.63, 3.8) is 0 Å². The molecule has 152 valence electrons. The summed E-state index contributed by atoms with van der Waals surface area (Å²) in [6.07, 6.45) is 3.19. The normalized spacial score (nSPS) is 14.2. The first-order chi connectivity index (χ1) is 14.0. The summed E-state index contributed by atoms with van der Waals surface area (Å²) in [5.41, 5.74) is 1.18. The van der Waals surface area contributed by atoms with E-state index in [9.17, 15) is 14.0 Å². The maximum atomic E-state index is 13.0. The number of methoxy groups -OCH3 is 2. The molecular weight excluding hydrogens is 375 g/mol. The molecule has 3 rings (SSSR count). The number of nitrogens with zero attached hydrogens (tertiary/aromatic N) is 2. The van der Waals surface area contributed by atoms with E-state index in [4.69, 9.17) is 9.47 Å². The number of benzene rings is 2. The molecule has 2 aromatic rings. The molecule has 0 radical (unpaired) electrons. The number of carbonyl (C=O) groups excluding carboxylic acids is 2. The summed E-state index contributed by atoms with van der Waals surface area (Å²) >= 11 is 0. The van der Waals surface area contributed by atoms with Crippen molar-refractivity contribution in [1.82, 2.24) is 9.80 Å². The van der Waals surface area contributed by atoms with Crippen LogP contribution in [0.4, 0.5) is 4.39 Å². The van der Waals surface area contributed by atoms with E-state index in [1.54, 1.807) is 36.2 Å². The molecule has 1 heterocycles. The third-order valence-corrected chi connectivity index (χ3v) is 4.81. The highest BCUT2D eigenvalue weighted by atomic mass is 19.1. The molecule has 2 amide bonds. The molecule has 0 saturated carbocycles. The van der Waals surface area contributed by atoms with Gasteiger partial charge in [-0.25, -0.2) is 4.39 Å². The SMILES string of the molecule is COc1cccc(/C=C/C(=O)N2CCN(C(=O)c3ccc(F)cc3)CC2)c1OC. The molecule has 1 fully saturated rings. The minimum atomic E-state index is -0.378. The van der Waals surface area contributed by atoms with Gasteiger partial charge >= 0.3 is 0 Å². The van der Waals surface area contributed by atoms with Crippen LogP contribution in [0.1, 0.15) is 15.9 Å². The summed E-state index contributed by atoms with van der Waals surface area (Å²) in [5.74, 6) is 0.484. The minimum Gasteiger partial charge on any atom is -0.493 e. The topological polar surface area (TPSA) is 59.1 Å². The van der Waals surface area contributed by atoms with Crippen LogP contribution >= 0.6 is 0 Å². The van der Waals surface area contributed by atoms with Crippen molar-refractivity contribution in [2.45, 2.75) is 0 Å². The van der Waals surface area contributed by atoms with Crippen molar-refractivity contribution in [2.75, 3.05) is 40.4 Å². The highest BCUT2D eigenvalue weighted by molar-refractivity contribution is 5.95. The van der Waals surface area contributed by atoms with E-state index >= 15 is 0 Å². The Labute approximate surface area is 169 Å². The van der Waals surface area contributed by atoms with Gasteiger partial charge < -0.3 is 19.3 Å². The number of hydrogen-bond acceptors (Lipinski definition) is 4. The molecule has 0 aromatic heterocycles. The minimum absolute atomic E-state index is 0.135. The maximum absolute atomic E-state index is 13.0. The van der Waals surface area contributed by atoms with Crippen molar-refractivity contribution in [2.24, 2.45) is 0 Å². The predicted octanol–water partition coefficient (Wildman–Crippen LogP) is 2.84. The standard InChI is InChI=1S/C22H23FN2O4/c1-28-19-5-3-4-16(21(19)29-2)8-11-20(26)24-12-14-25(15-13-24)22(27)17-6-9-18(23)10-7-17/h3-11H,12-15H2,1-2H3/b11-8+. The molecule has 7 heteroatoms. The van der Waals surface area contributed by atoms with Gasteiger partial charge in [-0.05, 0) is 36.4 Å². The first-order valence-electron chi connectivity index (χ1n) is 9.26. The predicted molar refractivity (Wildman–Crippen MR) is 107 cm³/mol. The van der Waals surface area contributed by atoms with Gasteiger partial charge in [0, 0.05) is 43.4 Å². The highest BCUT2D eigenvalue weighted by Crippen LogP contribution is 2.31. The van der Waals surface area contributed by atoms with E-state index in [-0.39, 0.29) is 17.6 Å². The number of piperazine rings is 1. The molecule has 1 saturated heterocycles. The van der Waals surface area contributed by atoms with Gasteiger partial charge in [-0.2, -0.15) is 0 Å². The van der Waals surface area contributed by atoms with Crippen LogP contribution < -0.4 is 9.47 Å². The lowest BCUT2D eigenvalue weighted by atomic mass is 10.1. The van der Waals surface area contributed by atoms with Gasteiger partial charge in [0.15, 0.2) is 11.5 Å². The van der Waals surface area contributed by atoms with Crippen LogP contribution in [0.3, 0.4) is 0 Å².